The van der Waals surface area contributed by atoms with Gasteiger partial charge >= 0.3 is 6.61 Å². The first-order valence-corrected chi connectivity index (χ1v) is 11.7. The number of hydrazine groups is 1. The second-order valence-corrected chi connectivity index (χ2v) is 8.81. The topological polar surface area (TPSA) is 74.1 Å². The maximum absolute atomic E-state index is 15.2. The van der Waals surface area contributed by atoms with Gasteiger partial charge in [0.1, 0.15) is 11.6 Å². The van der Waals surface area contributed by atoms with Gasteiger partial charge in [-0.1, -0.05) is 30.9 Å². The third-order valence-electron chi connectivity index (χ3n) is 6.07. The molecule has 4 rings (SSSR count). The van der Waals surface area contributed by atoms with Crippen molar-refractivity contribution >= 4 is 11.6 Å². The molecule has 1 amide bonds. The predicted molar refractivity (Wildman–Crippen MR) is 139 cm³/mol. The minimum Gasteiger partial charge on any atom is -0.435 e. The summed E-state index contributed by atoms with van der Waals surface area (Å²) in [4.78, 5) is 16.1. The minimum atomic E-state index is -2.96. The summed E-state index contributed by atoms with van der Waals surface area (Å²) in [6.07, 6.45) is 9.02. The van der Waals surface area contributed by atoms with Crippen LogP contribution >= 0.6 is 0 Å². The minimum absolute atomic E-state index is 0.0196. The third kappa shape index (κ3) is 5.92. The fraction of sp³-hybridized carbons (Fsp3) is 0.179. The normalized spacial score (nSPS) is 15.6. The highest BCUT2D eigenvalue weighted by Gasteiger charge is 2.22. The Labute approximate surface area is 219 Å². The summed E-state index contributed by atoms with van der Waals surface area (Å²) in [6, 6.07) is 10.3. The molecule has 2 aliphatic rings. The second kappa shape index (κ2) is 11.3. The Morgan fingerprint density at radius 2 is 2.03 bits per heavy atom. The number of halogens is 3. The van der Waals surface area contributed by atoms with Crippen LogP contribution in [0.15, 0.2) is 96.6 Å². The van der Waals surface area contributed by atoms with E-state index in [1.165, 1.54) is 42.4 Å². The number of alkyl halides is 2. The Bertz CT molecular complexity index is 1370. The SMILES string of the molecule is C=C1C=CC(C2=CN(C)NC2)=CN1/C(=C\N)c1ccc(C(=O)N(C)Cc2cccc(OC(F)F)c2)c(F)c1. The zero-order valence-corrected chi connectivity index (χ0v) is 21.0. The molecule has 38 heavy (non-hydrogen) atoms. The molecule has 0 saturated carbocycles. The molecular weight excluding hydrogens is 495 g/mol. The highest BCUT2D eigenvalue weighted by atomic mass is 19.3. The Hall–Kier alpha value is -4.44. The van der Waals surface area contributed by atoms with E-state index >= 15 is 4.39 Å². The molecule has 0 unspecified atom stereocenters. The fourth-order valence-corrected chi connectivity index (χ4v) is 4.19. The van der Waals surface area contributed by atoms with Crippen molar-refractivity contribution in [2.45, 2.75) is 13.2 Å². The number of nitrogens with one attached hydrogen (secondary N) is 1. The number of nitrogens with two attached hydrogens (primary N) is 1. The van der Waals surface area contributed by atoms with Gasteiger partial charge in [-0.3, -0.25) is 4.79 Å². The summed E-state index contributed by atoms with van der Waals surface area (Å²) in [7, 11) is 3.41. The first kappa shape index (κ1) is 26.6. The van der Waals surface area contributed by atoms with E-state index in [1.54, 1.807) is 23.1 Å². The van der Waals surface area contributed by atoms with E-state index in [1.807, 2.05) is 36.6 Å². The van der Waals surface area contributed by atoms with Gasteiger partial charge in [-0.05, 0) is 47.1 Å². The molecule has 0 aliphatic carbocycles. The molecule has 2 heterocycles. The molecule has 0 saturated heterocycles. The van der Waals surface area contributed by atoms with Crippen LogP contribution in [0.3, 0.4) is 0 Å². The molecule has 0 aromatic heterocycles. The number of carbonyl (C=O) groups is 1. The Morgan fingerprint density at radius 3 is 2.68 bits per heavy atom. The predicted octanol–water partition coefficient (Wildman–Crippen LogP) is 4.56. The summed E-state index contributed by atoms with van der Waals surface area (Å²) in [5, 5.41) is 1.87. The Balaban J connectivity index is 1.52. The van der Waals surface area contributed by atoms with E-state index in [2.05, 4.69) is 16.7 Å². The second-order valence-electron chi connectivity index (χ2n) is 8.81. The molecule has 10 heteroatoms. The van der Waals surface area contributed by atoms with E-state index in [-0.39, 0.29) is 17.9 Å². The summed E-state index contributed by atoms with van der Waals surface area (Å²) in [5.41, 5.74) is 13.2. The number of ether oxygens (including phenoxy) is 1. The van der Waals surface area contributed by atoms with Crippen molar-refractivity contribution in [2.24, 2.45) is 5.73 Å². The van der Waals surface area contributed by atoms with Crippen molar-refractivity contribution in [3.63, 3.8) is 0 Å². The zero-order chi connectivity index (χ0) is 27.4. The maximum Gasteiger partial charge on any atom is 0.387 e. The largest absolute Gasteiger partial charge is 0.435 e. The number of hydrogen-bond donors (Lipinski definition) is 2. The number of allylic oxidation sites excluding steroid dienone is 2. The van der Waals surface area contributed by atoms with Gasteiger partial charge in [0, 0.05) is 57.0 Å². The van der Waals surface area contributed by atoms with Gasteiger partial charge in [0.25, 0.3) is 5.91 Å². The lowest BCUT2D eigenvalue weighted by atomic mass is 10.0. The van der Waals surface area contributed by atoms with Crippen molar-refractivity contribution in [3.05, 3.63) is 119 Å². The monoisotopic (exact) mass is 523 g/mol. The molecule has 0 fully saturated rings. The molecule has 2 aliphatic heterocycles. The van der Waals surface area contributed by atoms with Crippen LogP contribution in [0.25, 0.3) is 5.70 Å². The molecular formula is C28H28F3N5O2. The van der Waals surface area contributed by atoms with Gasteiger partial charge in [-0.2, -0.15) is 8.78 Å². The van der Waals surface area contributed by atoms with E-state index in [0.29, 0.717) is 29.1 Å². The number of carbonyl (C=O) groups excluding carboxylic acids is 1. The summed E-state index contributed by atoms with van der Waals surface area (Å²) in [5.74, 6) is -1.31. The summed E-state index contributed by atoms with van der Waals surface area (Å²) in [6.45, 7) is 1.85. The van der Waals surface area contributed by atoms with Gasteiger partial charge in [0.05, 0.1) is 11.3 Å². The lowest BCUT2D eigenvalue weighted by molar-refractivity contribution is -0.0499. The zero-order valence-electron chi connectivity index (χ0n) is 21.0. The summed E-state index contributed by atoms with van der Waals surface area (Å²) < 4.78 is 44.6. The smallest absolute Gasteiger partial charge is 0.387 e. The van der Waals surface area contributed by atoms with Crippen molar-refractivity contribution < 1.29 is 22.7 Å². The van der Waals surface area contributed by atoms with Crippen LogP contribution in [0.4, 0.5) is 13.2 Å². The van der Waals surface area contributed by atoms with Crippen LogP contribution in [0.5, 0.6) is 5.75 Å². The standard InChI is InChI=1S/C28H28F3N5O2/c1-18-7-8-21(22-14-33-35(3)16-22)17-36(18)26(13-32)20-9-10-24(25(29)12-20)27(37)34(2)15-19-5-4-6-23(11-19)38-28(30)31/h4-13,16-17,28,33H,1,14-15,32H2,2-3H3/b26-13-. The van der Waals surface area contributed by atoms with Gasteiger partial charge in [-0.25, -0.2) is 9.82 Å². The molecule has 2 aromatic carbocycles. The Morgan fingerprint density at radius 1 is 1.24 bits per heavy atom. The van der Waals surface area contributed by atoms with E-state index in [0.717, 1.165) is 11.1 Å². The van der Waals surface area contributed by atoms with E-state index < -0.39 is 18.3 Å². The van der Waals surface area contributed by atoms with Crippen LogP contribution in [0.1, 0.15) is 21.5 Å². The number of benzene rings is 2. The van der Waals surface area contributed by atoms with Gasteiger partial charge in [0.2, 0.25) is 0 Å². The fourth-order valence-electron chi connectivity index (χ4n) is 4.19. The van der Waals surface area contributed by atoms with Gasteiger partial charge < -0.3 is 25.3 Å². The van der Waals surface area contributed by atoms with Crippen molar-refractivity contribution in [1.29, 1.82) is 0 Å². The van der Waals surface area contributed by atoms with Crippen molar-refractivity contribution in [2.75, 3.05) is 20.6 Å². The van der Waals surface area contributed by atoms with Crippen molar-refractivity contribution in [3.8, 4) is 5.75 Å². The molecule has 0 spiro atoms. The first-order chi connectivity index (χ1) is 18.2. The van der Waals surface area contributed by atoms with Crippen LogP contribution in [0, 0.1) is 5.82 Å². The molecule has 0 atom stereocenters. The first-order valence-electron chi connectivity index (χ1n) is 11.7. The third-order valence-corrected chi connectivity index (χ3v) is 6.07. The van der Waals surface area contributed by atoms with E-state index in [4.69, 9.17) is 5.73 Å². The van der Waals surface area contributed by atoms with Crippen LogP contribution in [0.2, 0.25) is 0 Å². The number of nitrogens with zero attached hydrogens (tertiary/aromatic N) is 3. The number of rotatable bonds is 8. The lowest BCUT2D eigenvalue weighted by Gasteiger charge is -2.28. The average Bonchev–Trinajstić information content (AvgIpc) is 3.31. The molecule has 3 N–H and O–H groups in total. The van der Waals surface area contributed by atoms with Crippen LogP contribution < -0.4 is 15.9 Å². The van der Waals surface area contributed by atoms with Gasteiger partial charge in [-0.15, -0.1) is 0 Å². The molecule has 7 nitrogen and oxygen atoms in total. The number of amides is 1. The van der Waals surface area contributed by atoms with Crippen LogP contribution in [-0.2, 0) is 6.54 Å². The van der Waals surface area contributed by atoms with Crippen molar-refractivity contribution in [1.82, 2.24) is 20.2 Å². The maximum atomic E-state index is 15.2. The molecule has 2 aromatic rings. The highest BCUT2D eigenvalue weighted by molar-refractivity contribution is 5.94. The van der Waals surface area contributed by atoms with Gasteiger partial charge in [0.15, 0.2) is 0 Å². The summed E-state index contributed by atoms with van der Waals surface area (Å²) >= 11 is 0. The average molecular weight is 524 g/mol. The highest BCUT2D eigenvalue weighted by Crippen LogP contribution is 2.31. The lowest BCUT2D eigenvalue weighted by Crippen LogP contribution is -2.27. The number of hydrogen-bond acceptors (Lipinski definition) is 6. The molecule has 198 valence electrons. The van der Waals surface area contributed by atoms with Crippen LogP contribution in [-0.4, -0.2) is 48.0 Å². The molecule has 0 radical (unpaired) electrons. The Kier molecular flexibility index (Phi) is 7.92. The molecule has 0 bridgehead atoms. The van der Waals surface area contributed by atoms with E-state index in [9.17, 15) is 13.6 Å². The quantitative estimate of drug-likeness (QED) is 0.529.